The lowest BCUT2D eigenvalue weighted by Gasteiger charge is -2.07. The molecule has 0 atom stereocenters. The van der Waals surface area contributed by atoms with Gasteiger partial charge in [0.25, 0.3) is 11.6 Å². The zero-order valence-corrected chi connectivity index (χ0v) is 17.0. The minimum Gasteiger partial charge on any atom is -0.426 e. The zero-order chi connectivity index (χ0) is 23.0. The summed E-state index contributed by atoms with van der Waals surface area (Å²) in [5, 5.41) is 29.1. The molecule has 0 saturated heterocycles. The maximum absolute atomic E-state index is 12.4. The summed E-state index contributed by atoms with van der Waals surface area (Å²) in [6.07, 6.45) is 0. The number of carbonyl (C=O) groups excluding carboxylic acids is 1. The number of hydrogen-bond acceptors (Lipinski definition) is 7. The number of amides is 1. The minimum absolute atomic E-state index is 0.101. The van der Waals surface area contributed by atoms with Crippen LogP contribution in [-0.2, 0) is 10.0 Å². The molecule has 4 N–H and O–H groups in total. The topological polar surface area (TPSA) is 170 Å². The van der Waals surface area contributed by atoms with Gasteiger partial charge < -0.3 is 10.5 Å². The van der Waals surface area contributed by atoms with Crippen LogP contribution in [0.3, 0.4) is 0 Å². The maximum Gasteiger partial charge on any atom is 0.271 e. The Morgan fingerprint density at radius 2 is 1.72 bits per heavy atom. The average Bonchev–Trinajstić information content (AvgIpc) is 3.09. The first-order valence-electron chi connectivity index (χ1n) is 9.04. The lowest BCUT2D eigenvalue weighted by atomic mass is 10.1. The number of nitrogens with zero attached hydrogens (tertiary/aromatic N) is 3. The molecule has 12 heteroatoms. The number of non-ortho nitro benzene ring substituents is 1. The molecule has 4 aromatic rings. The van der Waals surface area contributed by atoms with E-state index in [2.05, 4.69) is 10.3 Å². The maximum atomic E-state index is 12.4. The van der Waals surface area contributed by atoms with Crippen LogP contribution in [0.25, 0.3) is 22.4 Å². The van der Waals surface area contributed by atoms with E-state index in [9.17, 15) is 28.5 Å². The third kappa shape index (κ3) is 3.99. The van der Waals surface area contributed by atoms with Gasteiger partial charge in [-0.25, -0.2) is 18.5 Å². The van der Waals surface area contributed by atoms with Crippen molar-refractivity contribution in [1.82, 2.24) is 9.71 Å². The Kier molecular flexibility index (Phi) is 5.08. The quantitative estimate of drug-likeness (QED) is 0.237. The number of anilines is 1. The Bertz CT molecular complexity index is 1460. The van der Waals surface area contributed by atoms with Crippen molar-refractivity contribution in [3.63, 3.8) is 0 Å². The number of primary sulfonamides is 1. The highest BCUT2D eigenvalue weighted by atomic mass is 32.2. The van der Waals surface area contributed by atoms with E-state index >= 15 is 0 Å². The summed E-state index contributed by atoms with van der Waals surface area (Å²) < 4.78 is 23.4. The molecule has 1 aromatic heterocycles. The third-order valence-corrected chi connectivity index (χ3v) is 5.60. The second-order valence-electron chi connectivity index (χ2n) is 6.78. The van der Waals surface area contributed by atoms with Crippen LogP contribution in [0.5, 0.6) is 0 Å². The van der Waals surface area contributed by atoms with Crippen molar-refractivity contribution in [3.05, 3.63) is 82.4 Å². The lowest BCUT2D eigenvalue weighted by Crippen LogP contribution is -2.14. The van der Waals surface area contributed by atoms with Crippen molar-refractivity contribution >= 4 is 38.3 Å². The fourth-order valence-electron chi connectivity index (χ4n) is 3.05. The first-order valence-corrected chi connectivity index (χ1v) is 10.6. The first-order chi connectivity index (χ1) is 15.1. The molecule has 0 bridgehead atoms. The summed E-state index contributed by atoms with van der Waals surface area (Å²) in [4.78, 5) is 27.0. The number of hydrogen-bond donors (Lipinski definition) is 3. The van der Waals surface area contributed by atoms with Gasteiger partial charge in [0.1, 0.15) is 5.52 Å². The minimum atomic E-state index is -3.85. The molecule has 0 saturated carbocycles. The van der Waals surface area contributed by atoms with Crippen LogP contribution >= 0.6 is 0 Å². The SMILES string of the molecule is NS(=O)(=O)c1ccc(C(=O)Nc2ccc(-c3nc4ccc([N+](=O)[O-])cc4n3O)cc2)cc1. The number of fused-ring (bicyclic) bond motifs is 1. The van der Waals surface area contributed by atoms with E-state index in [0.717, 1.165) is 4.73 Å². The van der Waals surface area contributed by atoms with Crippen LogP contribution in [-0.4, -0.2) is 34.2 Å². The van der Waals surface area contributed by atoms with Gasteiger partial charge in [0.2, 0.25) is 10.0 Å². The standard InChI is InChI=1S/C20H15N5O6S/c21-32(30,31)16-8-3-13(4-9-16)20(26)22-14-5-1-12(2-6-14)19-23-17-10-7-15(25(28)29)11-18(17)24(19)27/h1-11,27H,(H,22,26)(H2,21,30,31). The fourth-order valence-corrected chi connectivity index (χ4v) is 3.57. The monoisotopic (exact) mass is 453 g/mol. The molecule has 1 amide bonds. The van der Waals surface area contributed by atoms with Gasteiger partial charge in [0, 0.05) is 28.9 Å². The van der Waals surface area contributed by atoms with Crippen molar-refractivity contribution in [2.24, 2.45) is 5.14 Å². The van der Waals surface area contributed by atoms with Gasteiger partial charge in [-0.05, 0) is 54.6 Å². The number of sulfonamides is 1. The number of benzene rings is 3. The molecular formula is C20H15N5O6S. The van der Waals surface area contributed by atoms with E-state index in [1.165, 1.54) is 42.5 Å². The van der Waals surface area contributed by atoms with Crippen LogP contribution in [0.2, 0.25) is 0 Å². The molecule has 32 heavy (non-hydrogen) atoms. The lowest BCUT2D eigenvalue weighted by molar-refractivity contribution is -0.384. The van der Waals surface area contributed by atoms with E-state index in [0.29, 0.717) is 16.8 Å². The highest BCUT2D eigenvalue weighted by Gasteiger charge is 2.16. The Hall–Kier alpha value is -4.29. The molecule has 0 spiro atoms. The molecule has 0 radical (unpaired) electrons. The normalized spacial score (nSPS) is 11.4. The summed E-state index contributed by atoms with van der Waals surface area (Å²) in [5.41, 5.74) is 1.60. The number of nitro benzene ring substituents is 1. The third-order valence-electron chi connectivity index (χ3n) is 4.67. The molecule has 4 rings (SSSR count). The van der Waals surface area contributed by atoms with Crippen LogP contribution in [0.15, 0.2) is 71.6 Å². The Morgan fingerprint density at radius 1 is 1.06 bits per heavy atom. The number of nitrogens with two attached hydrogens (primary N) is 1. The van der Waals surface area contributed by atoms with Crippen LogP contribution in [0.4, 0.5) is 11.4 Å². The van der Waals surface area contributed by atoms with E-state index in [1.54, 1.807) is 24.3 Å². The smallest absolute Gasteiger partial charge is 0.271 e. The summed E-state index contributed by atoms with van der Waals surface area (Å²) >= 11 is 0. The van der Waals surface area contributed by atoms with Gasteiger partial charge in [-0.3, -0.25) is 14.9 Å². The van der Waals surface area contributed by atoms with E-state index in [4.69, 9.17) is 5.14 Å². The molecule has 162 valence electrons. The van der Waals surface area contributed by atoms with Gasteiger partial charge in [0.15, 0.2) is 5.82 Å². The van der Waals surface area contributed by atoms with Crippen molar-refractivity contribution < 1.29 is 23.3 Å². The van der Waals surface area contributed by atoms with Gasteiger partial charge in [0.05, 0.1) is 15.3 Å². The largest absolute Gasteiger partial charge is 0.426 e. The molecule has 1 heterocycles. The van der Waals surface area contributed by atoms with Crippen LogP contribution in [0.1, 0.15) is 10.4 Å². The first kappa shape index (κ1) is 21.0. The van der Waals surface area contributed by atoms with E-state index < -0.39 is 20.9 Å². The highest BCUT2D eigenvalue weighted by molar-refractivity contribution is 7.89. The van der Waals surface area contributed by atoms with Crippen molar-refractivity contribution in [1.29, 1.82) is 0 Å². The number of rotatable bonds is 5. The van der Waals surface area contributed by atoms with Crippen LogP contribution in [0, 0.1) is 10.1 Å². The number of carbonyl (C=O) groups is 1. The molecular weight excluding hydrogens is 438 g/mol. The molecule has 0 aliphatic carbocycles. The summed E-state index contributed by atoms with van der Waals surface area (Å²) in [6, 6.07) is 15.5. The predicted molar refractivity (Wildman–Crippen MR) is 115 cm³/mol. The number of imidazole rings is 1. The zero-order valence-electron chi connectivity index (χ0n) is 16.2. The number of aromatic nitrogens is 2. The summed E-state index contributed by atoms with van der Waals surface area (Å²) in [7, 11) is -3.85. The van der Waals surface area contributed by atoms with Gasteiger partial charge in [-0.2, -0.15) is 4.73 Å². The summed E-state index contributed by atoms with van der Waals surface area (Å²) in [5.74, 6) is -0.280. The Morgan fingerprint density at radius 3 is 2.31 bits per heavy atom. The summed E-state index contributed by atoms with van der Waals surface area (Å²) in [6.45, 7) is 0. The van der Waals surface area contributed by atoms with E-state index in [-0.39, 0.29) is 27.5 Å². The highest BCUT2D eigenvalue weighted by Crippen LogP contribution is 2.27. The molecule has 0 aliphatic rings. The molecule has 3 aromatic carbocycles. The molecule has 0 aliphatic heterocycles. The van der Waals surface area contributed by atoms with Crippen molar-refractivity contribution in [2.45, 2.75) is 4.90 Å². The molecule has 0 fully saturated rings. The second kappa shape index (κ2) is 7.76. The Balaban J connectivity index is 1.55. The van der Waals surface area contributed by atoms with Crippen molar-refractivity contribution in [2.75, 3.05) is 5.32 Å². The van der Waals surface area contributed by atoms with E-state index in [1.807, 2.05) is 0 Å². The van der Waals surface area contributed by atoms with Gasteiger partial charge >= 0.3 is 0 Å². The number of nitro groups is 1. The predicted octanol–water partition coefficient (Wildman–Crippen LogP) is 2.75. The fraction of sp³-hybridized carbons (Fsp3) is 0. The second-order valence-corrected chi connectivity index (χ2v) is 8.34. The Labute approximate surface area is 180 Å². The van der Waals surface area contributed by atoms with Crippen molar-refractivity contribution in [3.8, 4) is 11.4 Å². The molecule has 0 unspecified atom stereocenters. The number of nitrogens with one attached hydrogen (secondary N) is 1. The van der Waals surface area contributed by atoms with Gasteiger partial charge in [-0.1, -0.05) is 0 Å². The molecule has 11 nitrogen and oxygen atoms in total. The van der Waals surface area contributed by atoms with Crippen LogP contribution < -0.4 is 10.5 Å². The average molecular weight is 453 g/mol. The van der Waals surface area contributed by atoms with Gasteiger partial charge in [-0.15, -0.1) is 0 Å².